The average Bonchev–Trinajstić information content (AvgIpc) is 3.12. The molecule has 0 aliphatic heterocycles. The van der Waals surface area contributed by atoms with Crippen LogP contribution < -0.4 is 0 Å². The molecular weight excluding hydrogens is 384 g/mol. The van der Waals surface area contributed by atoms with Crippen LogP contribution in [-0.4, -0.2) is 6.88 Å². The second kappa shape index (κ2) is 6.99. The molecule has 0 radical (unpaired) electrons. The predicted molar refractivity (Wildman–Crippen MR) is 110 cm³/mol. The summed E-state index contributed by atoms with van der Waals surface area (Å²) in [7, 11) is 0. The Morgan fingerprint density at radius 3 is 1.42 bits per heavy atom. The second-order valence-electron chi connectivity index (χ2n) is 9.61. The molecule has 0 aromatic carbocycles. The average molecular weight is 422 g/mol. The van der Waals surface area contributed by atoms with Gasteiger partial charge >= 0.3 is 154 Å². The fourth-order valence-corrected chi connectivity index (χ4v) is 19.9. The van der Waals surface area contributed by atoms with Crippen LogP contribution in [0.3, 0.4) is 0 Å². The predicted octanol–water partition coefficient (Wildman–Crippen LogP) is 6.33. The minimum atomic E-state index is -3.12. The SMILES string of the molecule is CCC1=CC(C(C)C)[C]([Zr]([CH3])([CH3])(=[SiH2])[C]2=CC(CC)=CC2C(C)C)=C1. The Balaban J connectivity index is 2.57. The number of hydrogen-bond acceptors (Lipinski definition) is 0. The van der Waals surface area contributed by atoms with Gasteiger partial charge in [-0.3, -0.25) is 0 Å². The monoisotopic (exact) mass is 420 g/mol. The van der Waals surface area contributed by atoms with Crippen molar-refractivity contribution in [2.24, 2.45) is 23.7 Å². The second-order valence-corrected chi connectivity index (χ2v) is 38.2. The van der Waals surface area contributed by atoms with Gasteiger partial charge in [0.05, 0.1) is 0 Å². The Labute approximate surface area is 153 Å². The molecule has 2 rings (SSSR count). The van der Waals surface area contributed by atoms with E-state index in [2.05, 4.69) is 82.0 Å². The standard InChI is InChI=1S/2C10H15.2CH3.H2Si.Zr/c2*1-4-9-5-6-10(7-9)8(2)3;;;;/h2*5,7-8,10H,4H2,1-3H3;2*1H3;1H2;. The zero-order valence-corrected chi connectivity index (χ0v) is 21.1. The third-order valence-electron chi connectivity index (χ3n) is 6.29. The minimum absolute atomic E-state index is 0.664. The molecule has 0 amide bonds. The fourth-order valence-electron chi connectivity index (χ4n) is 4.57. The summed E-state index contributed by atoms with van der Waals surface area (Å²) in [6, 6.07) is 0. The van der Waals surface area contributed by atoms with Crippen molar-refractivity contribution >= 4 is 6.88 Å². The van der Waals surface area contributed by atoms with Gasteiger partial charge < -0.3 is 0 Å². The van der Waals surface area contributed by atoms with Crippen molar-refractivity contribution in [3.8, 4) is 0 Å². The van der Waals surface area contributed by atoms with Crippen LogP contribution in [0.4, 0.5) is 0 Å². The van der Waals surface area contributed by atoms with Crippen molar-refractivity contribution in [3.05, 3.63) is 42.0 Å². The van der Waals surface area contributed by atoms with Crippen molar-refractivity contribution < 1.29 is 17.4 Å². The molecule has 24 heavy (non-hydrogen) atoms. The summed E-state index contributed by atoms with van der Waals surface area (Å²) in [4.78, 5) is 0. The van der Waals surface area contributed by atoms with Gasteiger partial charge in [-0.15, -0.1) is 0 Å². The van der Waals surface area contributed by atoms with E-state index in [0.717, 1.165) is 0 Å². The van der Waals surface area contributed by atoms with Crippen molar-refractivity contribution in [1.29, 1.82) is 0 Å². The van der Waals surface area contributed by atoms with Crippen LogP contribution in [0.2, 0.25) is 9.26 Å². The normalized spacial score (nSPS) is 25.1. The van der Waals surface area contributed by atoms with E-state index in [-0.39, 0.29) is 0 Å². The topological polar surface area (TPSA) is 0 Å². The van der Waals surface area contributed by atoms with Gasteiger partial charge in [0.25, 0.3) is 0 Å². The van der Waals surface area contributed by atoms with Gasteiger partial charge in [0.15, 0.2) is 0 Å². The van der Waals surface area contributed by atoms with Crippen LogP contribution in [-0.2, 0) is 17.4 Å². The number of rotatable bonds is 6. The molecule has 0 aromatic heterocycles. The van der Waals surface area contributed by atoms with E-state index in [0.29, 0.717) is 23.7 Å². The van der Waals surface area contributed by atoms with Crippen molar-refractivity contribution in [2.75, 3.05) is 0 Å². The van der Waals surface area contributed by atoms with E-state index in [1.54, 1.807) is 11.1 Å². The molecule has 2 heteroatoms. The van der Waals surface area contributed by atoms with Crippen LogP contribution in [0.25, 0.3) is 0 Å². The third kappa shape index (κ3) is 3.61. The Bertz CT molecular complexity index is 637. The Morgan fingerprint density at radius 2 is 1.17 bits per heavy atom. The molecule has 134 valence electrons. The molecule has 0 heterocycles. The molecule has 0 nitrogen and oxygen atoms in total. The zero-order valence-electron chi connectivity index (χ0n) is 17.2. The van der Waals surface area contributed by atoms with Crippen LogP contribution in [0.1, 0.15) is 54.4 Å². The van der Waals surface area contributed by atoms with Gasteiger partial charge in [-0.05, 0) is 0 Å². The molecule has 0 N–H and O–H groups in total. The summed E-state index contributed by atoms with van der Waals surface area (Å²) >= 11 is -3.12. The Hall–Kier alpha value is 0.0600. The van der Waals surface area contributed by atoms with Crippen LogP contribution in [0.5, 0.6) is 0 Å². The third-order valence-corrected chi connectivity index (χ3v) is 22.6. The van der Waals surface area contributed by atoms with E-state index in [1.807, 2.05) is 6.56 Å². The summed E-state index contributed by atoms with van der Waals surface area (Å²) in [5, 5.41) is 0. The van der Waals surface area contributed by atoms with Crippen LogP contribution in [0.15, 0.2) is 42.0 Å². The van der Waals surface area contributed by atoms with E-state index < -0.39 is 17.4 Å². The zero-order chi connectivity index (χ0) is 18.3. The summed E-state index contributed by atoms with van der Waals surface area (Å²) < 4.78 is 9.07. The van der Waals surface area contributed by atoms with E-state index in [9.17, 15) is 0 Å². The Kier molecular flexibility index (Phi) is 5.94. The van der Waals surface area contributed by atoms with E-state index >= 15 is 0 Å². The molecule has 2 unspecified atom stereocenters. The molecule has 0 bridgehead atoms. The number of allylic oxidation sites excluding steroid dienone is 8. The van der Waals surface area contributed by atoms with Crippen LogP contribution >= 0.6 is 0 Å². The first-order chi connectivity index (χ1) is 11.0. The van der Waals surface area contributed by atoms with Crippen molar-refractivity contribution in [2.45, 2.75) is 63.6 Å². The summed E-state index contributed by atoms with van der Waals surface area (Å²) in [5.74, 6) is 2.74. The molecule has 0 fully saturated rings. The quantitative estimate of drug-likeness (QED) is 0.439. The first-order valence-electron chi connectivity index (χ1n) is 9.93. The maximum atomic E-state index is 2.70. The van der Waals surface area contributed by atoms with Gasteiger partial charge in [0.1, 0.15) is 0 Å². The summed E-state index contributed by atoms with van der Waals surface area (Å²) in [6.07, 6.45) is 12.7. The summed E-state index contributed by atoms with van der Waals surface area (Å²) in [5.41, 5.74) is 3.14. The molecule has 0 saturated heterocycles. The first kappa shape index (κ1) is 20.4. The summed E-state index contributed by atoms with van der Waals surface area (Å²) in [6.45, 7) is 16.6. The number of hydrogen-bond donors (Lipinski definition) is 0. The molecule has 2 atom stereocenters. The fraction of sp³-hybridized carbons (Fsp3) is 0.636. The van der Waals surface area contributed by atoms with Crippen molar-refractivity contribution in [1.82, 2.24) is 0 Å². The maximum absolute atomic E-state index is 3.12. The molecule has 0 saturated carbocycles. The van der Waals surface area contributed by atoms with Gasteiger partial charge in [0, 0.05) is 0 Å². The molecule has 2 aliphatic rings. The van der Waals surface area contributed by atoms with Gasteiger partial charge in [0.2, 0.25) is 0 Å². The molecule has 0 spiro atoms. The van der Waals surface area contributed by atoms with Gasteiger partial charge in [-0.25, -0.2) is 0 Å². The Morgan fingerprint density at radius 1 is 0.833 bits per heavy atom. The van der Waals surface area contributed by atoms with Gasteiger partial charge in [-0.1, -0.05) is 0 Å². The molecule has 0 aromatic rings. The first-order valence-corrected chi connectivity index (χ1v) is 23.2. The van der Waals surface area contributed by atoms with Crippen molar-refractivity contribution in [3.63, 3.8) is 0 Å². The van der Waals surface area contributed by atoms with E-state index in [4.69, 9.17) is 0 Å². The molecule has 2 aliphatic carbocycles. The van der Waals surface area contributed by atoms with E-state index in [1.165, 1.54) is 12.8 Å². The van der Waals surface area contributed by atoms with Gasteiger partial charge in [-0.2, -0.15) is 0 Å². The van der Waals surface area contributed by atoms with Crippen LogP contribution in [0, 0.1) is 23.7 Å². The molecular formula is C22H38SiZr.